The van der Waals surface area contributed by atoms with Gasteiger partial charge in [0.15, 0.2) is 0 Å². The Hall–Kier alpha value is -1.88. The topological polar surface area (TPSA) is 59.4 Å². The molecule has 1 aromatic heterocycles. The van der Waals surface area contributed by atoms with Crippen molar-refractivity contribution in [2.75, 3.05) is 6.61 Å². The predicted octanol–water partition coefficient (Wildman–Crippen LogP) is 4.11. The van der Waals surface area contributed by atoms with Gasteiger partial charge in [0.2, 0.25) is 0 Å². The van der Waals surface area contributed by atoms with E-state index < -0.39 is 5.97 Å². The first-order chi connectivity index (χ1) is 10.6. The molecule has 1 heterocycles. The van der Waals surface area contributed by atoms with Crippen LogP contribution in [0.4, 0.5) is 0 Å². The Balaban J connectivity index is 1.76. The lowest BCUT2D eigenvalue weighted by molar-refractivity contribution is 0.0701. The number of unbranched alkanes of at least 4 members (excludes halogenated alkanes) is 1. The molecule has 0 saturated heterocycles. The zero-order valence-electron chi connectivity index (χ0n) is 13.0. The highest BCUT2D eigenvalue weighted by atomic mass is 32.1. The third-order valence-corrected chi connectivity index (χ3v) is 4.46. The number of carbonyl (C=O) groups is 1. The first-order valence-corrected chi connectivity index (χ1v) is 8.33. The van der Waals surface area contributed by atoms with E-state index in [1.165, 1.54) is 16.9 Å². The van der Waals surface area contributed by atoms with Crippen molar-refractivity contribution in [3.8, 4) is 5.75 Å². The Kier molecular flexibility index (Phi) is 5.95. The minimum absolute atomic E-state index is 0.383. The van der Waals surface area contributed by atoms with Gasteiger partial charge in [0.05, 0.1) is 17.3 Å². The van der Waals surface area contributed by atoms with Crippen molar-refractivity contribution in [3.05, 3.63) is 45.4 Å². The van der Waals surface area contributed by atoms with Gasteiger partial charge in [-0.15, -0.1) is 11.3 Å². The maximum absolute atomic E-state index is 11.1. The molecule has 1 aromatic carbocycles. The molecular weight excluding hydrogens is 298 g/mol. The zero-order chi connectivity index (χ0) is 15.9. The van der Waals surface area contributed by atoms with E-state index in [0.29, 0.717) is 23.6 Å². The van der Waals surface area contributed by atoms with Crippen molar-refractivity contribution >= 4 is 17.3 Å². The monoisotopic (exact) mass is 319 g/mol. The molecule has 0 unspecified atom stereocenters. The summed E-state index contributed by atoms with van der Waals surface area (Å²) in [5.74, 6) is 0.0269. The predicted molar refractivity (Wildman–Crippen MR) is 88.1 cm³/mol. The van der Waals surface area contributed by atoms with Crippen LogP contribution < -0.4 is 4.74 Å². The van der Waals surface area contributed by atoms with Gasteiger partial charge < -0.3 is 9.84 Å². The number of carboxylic acid groups (broad SMARTS) is 1. The maximum atomic E-state index is 11.1. The number of benzene rings is 1. The van der Waals surface area contributed by atoms with E-state index in [9.17, 15) is 4.79 Å². The Labute approximate surface area is 134 Å². The van der Waals surface area contributed by atoms with Gasteiger partial charge in [0, 0.05) is 0 Å². The van der Waals surface area contributed by atoms with Crippen LogP contribution in [-0.4, -0.2) is 22.7 Å². The molecule has 5 heteroatoms. The fraction of sp³-hybridized carbons (Fsp3) is 0.412. The largest absolute Gasteiger partial charge is 0.494 e. The summed E-state index contributed by atoms with van der Waals surface area (Å²) >= 11 is 1.30. The lowest BCUT2D eigenvalue weighted by Crippen LogP contribution is -1.98. The number of nitrogens with zero attached hydrogens (tertiary/aromatic N) is 1. The summed E-state index contributed by atoms with van der Waals surface area (Å²) in [4.78, 5) is 15.9. The highest BCUT2D eigenvalue weighted by Gasteiger charge is 2.15. The third kappa shape index (κ3) is 4.56. The van der Waals surface area contributed by atoms with Crippen LogP contribution in [0.25, 0.3) is 0 Å². The van der Waals surface area contributed by atoms with Gasteiger partial charge >= 0.3 is 5.97 Å². The fourth-order valence-corrected chi connectivity index (χ4v) is 3.22. The molecule has 2 rings (SSSR count). The molecule has 1 N–H and O–H groups in total. The second-order valence-corrected chi connectivity index (χ2v) is 6.25. The Morgan fingerprint density at radius 2 is 2.18 bits per heavy atom. The van der Waals surface area contributed by atoms with Crippen molar-refractivity contribution in [2.24, 2.45) is 0 Å². The normalized spacial score (nSPS) is 10.6. The first kappa shape index (κ1) is 16.5. The second kappa shape index (κ2) is 7.94. The highest BCUT2D eigenvalue weighted by Crippen LogP contribution is 2.21. The number of ether oxygens (including phenoxy) is 1. The van der Waals surface area contributed by atoms with E-state index in [0.717, 1.165) is 30.0 Å². The van der Waals surface area contributed by atoms with Gasteiger partial charge in [-0.3, -0.25) is 0 Å². The van der Waals surface area contributed by atoms with Gasteiger partial charge in [0.1, 0.15) is 10.6 Å². The molecule has 0 spiro atoms. The molecule has 4 nitrogen and oxygen atoms in total. The Morgan fingerprint density at radius 3 is 2.82 bits per heavy atom. The molecule has 0 aliphatic rings. The number of hydrogen-bond donors (Lipinski definition) is 1. The maximum Gasteiger partial charge on any atom is 0.347 e. The van der Waals surface area contributed by atoms with Crippen molar-refractivity contribution < 1.29 is 14.6 Å². The second-order valence-electron chi connectivity index (χ2n) is 5.16. The van der Waals surface area contributed by atoms with Crippen LogP contribution >= 0.6 is 11.3 Å². The summed E-state index contributed by atoms with van der Waals surface area (Å²) in [6, 6.07) is 8.01. The van der Waals surface area contributed by atoms with Crippen molar-refractivity contribution in [1.82, 2.24) is 4.98 Å². The van der Waals surface area contributed by atoms with Gasteiger partial charge in [0.25, 0.3) is 0 Å². The quantitative estimate of drug-likeness (QED) is 0.744. The molecule has 0 aliphatic heterocycles. The van der Waals surface area contributed by atoms with E-state index in [2.05, 4.69) is 4.98 Å². The summed E-state index contributed by atoms with van der Waals surface area (Å²) in [7, 11) is 0. The molecular formula is C17H21NO3S. The summed E-state index contributed by atoms with van der Waals surface area (Å²) in [6.07, 6.45) is 3.34. The number of rotatable bonds is 8. The van der Waals surface area contributed by atoms with Gasteiger partial charge in [-0.2, -0.15) is 0 Å². The number of carboxylic acids is 1. The fourth-order valence-electron chi connectivity index (χ4n) is 2.19. The average molecular weight is 319 g/mol. The number of thiazole rings is 1. The van der Waals surface area contributed by atoms with E-state index in [4.69, 9.17) is 9.84 Å². The van der Waals surface area contributed by atoms with Crippen molar-refractivity contribution in [1.29, 1.82) is 0 Å². The van der Waals surface area contributed by atoms with E-state index in [1.54, 1.807) is 0 Å². The molecule has 22 heavy (non-hydrogen) atoms. The highest BCUT2D eigenvalue weighted by molar-refractivity contribution is 7.13. The summed E-state index contributed by atoms with van der Waals surface area (Å²) in [5, 5.41) is 10.0. The third-order valence-electron chi connectivity index (χ3n) is 3.31. The smallest absolute Gasteiger partial charge is 0.347 e. The first-order valence-electron chi connectivity index (χ1n) is 7.51. The minimum Gasteiger partial charge on any atom is -0.494 e. The number of aromatic nitrogens is 1. The minimum atomic E-state index is -0.872. The van der Waals surface area contributed by atoms with Crippen LogP contribution in [0.1, 0.15) is 45.7 Å². The van der Waals surface area contributed by atoms with Crippen LogP contribution in [0, 0.1) is 6.92 Å². The summed E-state index contributed by atoms with van der Waals surface area (Å²) in [6.45, 7) is 4.64. The standard InChI is InChI=1S/C17H21NO3S/c1-3-14-16(17(19)20)22-15(18-14)9-4-5-10-21-13-8-6-7-12(2)11-13/h6-8,11H,3-5,9-10H2,1-2H3,(H,19,20). The summed E-state index contributed by atoms with van der Waals surface area (Å²) in [5.41, 5.74) is 1.89. The lowest BCUT2D eigenvalue weighted by Gasteiger charge is -2.06. The molecule has 118 valence electrons. The van der Waals surface area contributed by atoms with Crippen LogP contribution in [-0.2, 0) is 12.8 Å². The Bertz CT molecular complexity index is 637. The zero-order valence-corrected chi connectivity index (χ0v) is 13.8. The van der Waals surface area contributed by atoms with E-state index in [-0.39, 0.29) is 0 Å². The molecule has 0 amide bonds. The SMILES string of the molecule is CCc1nc(CCCCOc2cccc(C)c2)sc1C(=O)O. The molecule has 2 aromatic rings. The van der Waals surface area contributed by atoms with E-state index in [1.807, 2.05) is 38.1 Å². The molecule has 0 bridgehead atoms. The van der Waals surface area contributed by atoms with Crippen LogP contribution in [0.3, 0.4) is 0 Å². The molecule has 0 saturated carbocycles. The van der Waals surface area contributed by atoms with Crippen molar-refractivity contribution in [2.45, 2.75) is 39.5 Å². The van der Waals surface area contributed by atoms with Crippen LogP contribution in [0.2, 0.25) is 0 Å². The van der Waals surface area contributed by atoms with Gasteiger partial charge in [-0.05, 0) is 50.3 Å². The molecule has 0 fully saturated rings. The van der Waals surface area contributed by atoms with Crippen molar-refractivity contribution in [3.63, 3.8) is 0 Å². The summed E-state index contributed by atoms with van der Waals surface area (Å²) < 4.78 is 5.70. The number of aryl methyl sites for hydroxylation is 3. The molecule has 0 aliphatic carbocycles. The molecule has 0 radical (unpaired) electrons. The Morgan fingerprint density at radius 1 is 1.36 bits per heavy atom. The van der Waals surface area contributed by atoms with Crippen LogP contribution in [0.5, 0.6) is 5.75 Å². The number of aromatic carboxylic acids is 1. The van der Waals surface area contributed by atoms with Gasteiger partial charge in [-0.25, -0.2) is 9.78 Å². The van der Waals surface area contributed by atoms with Crippen LogP contribution in [0.15, 0.2) is 24.3 Å². The lowest BCUT2D eigenvalue weighted by atomic mass is 10.2. The van der Waals surface area contributed by atoms with E-state index >= 15 is 0 Å². The van der Waals surface area contributed by atoms with Gasteiger partial charge in [-0.1, -0.05) is 19.1 Å². The average Bonchev–Trinajstić information content (AvgIpc) is 2.90. The number of hydrogen-bond acceptors (Lipinski definition) is 4. The molecule has 0 atom stereocenters.